The Morgan fingerprint density at radius 2 is 1.85 bits per heavy atom. The highest BCUT2D eigenvalue weighted by atomic mass is 79.9. The quantitative estimate of drug-likeness (QED) is 0.896. The van der Waals surface area contributed by atoms with Gasteiger partial charge in [-0.2, -0.15) is 5.26 Å². The molecular weight excluding hydrogens is 316 g/mol. The maximum absolute atomic E-state index is 8.63. The standard InChI is InChI=1S/C16H15BrN2O/c1-20-16-7-4-13(10-15(16)17)11-19-14-5-2-12(3-6-14)8-9-18/h2-7,10,19H,8,11H2,1H3. The van der Waals surface area contributed by atoms with E-state index in [2.05, 4.69) is 27.3 Å². The lowest BCUT2D eigenvalue weighted by Gasteiger charge is -2.09. The summed E-state index contributed by atoms with van der Waals surface area (Å²) < 4.78 is 6.15. The first kappa shape index (κ1) is 14.4. The minimum Gasteiger partial charge on any atom is -0.496 e. The zero-order valence-electron chi connectivity index (χ0n) is 11.2. The van der Waals surface area contributed by atoms with Crippen molar-refractivity contribution in [3.8, 4) is 11.8 Å². The van der Waals surface area contributed by atoms with Gasteiger partial charge in [0, 0.05) is 12.2 Å². The van der Waals surface area contributed by atoms with Gasteiger partial charge in [0.1, 0.15) is 5.75 Å². The Morgan fingerprint density at radius 3 is 2.45 bits per heavy atom. The van der Waals surface area contributed by atoms with Gasteiger partial charge in [0.25, 0.3) is 0 Å². The van der Waals surface area contributed by atoms with Crippen LogP contribution in [0.4, 0.5) is 5.69 Å². The molecule has 0 saturated carbocycles. The fourth-order valence-corrected chi connectivity index (χ4v) is 2.44. The lowest BCUT2D eigenvalue weighted by Crippen LogP contribution is -1.99. The van der Waals surface area contributed by atoms with E-state index in [0.29, 0.717) is 6.42 Å². The first-order valence-electron chi connectivity index (χ1n) is 6.25. The van der Waals surface area contributed by atoms with Crippen molar-refractivity contribution in [1.29, 1.82) is 5.26 Å². The fourth-order valence-electron chi connectivity index (χ4n) is 1.86. The van der Waals surface area contributed by atoms with Gasteiger partial charge in [-0.1, -0.05) is 18.2 Å². The van der Waals surface area contributed by atoms with Crippen molar-refractivity contribution in [2.24, 2.45) is 0 Å². The molecule has 0 bridgehead atoms. The molecule has 102 valence electrons. The van der Waals surface area contributed by atoms with Gasteiger partial charge in [-0.15, -0.1) is 0 Å². The molecule has 0 unspecified atom stereocenters. The van der Waals surface area contributed by atoms with Gasteiger partial charge < -0.3 is 10.1 Å². The summed E-state index contributed by atoms with van der Waals surface area (Å²) in [5.41, 5.74) is 3.24. The summed E-state index contributed by atoms with van der Waals surface area (Å²) in [6.07, 6.45) is 0.450. The van der Waals surface area contributed by atoms with Crippen molar-refractivity contribution in [2.45, 2.75) is 13.0 Å². The third-order valence-electron chi connectivity index (χ3n) is 2.95. The van der Waals surface area contributed by atoms with Crippen LogP contribution in [0.5, 0.6) is 5.75 Å². The minimum absolute atomic E-state index is 0.450. The highest BCUT2D eigenvalue weighted by Gasteiger charge is 2.01. The summed E-state index contributed by atoms with van der Waals surface area (Å²) in [7, 11) is 1.65. The Labute approximate surface area is 127 Å². The van der Waals surface area contributed by atoms with E-state index in [-0.39, 0.29) is 0 Å². The maximum Gasteiger partial charge on any atom is 0.133 e. The van der Waals surface area contributed by atoms with Gasteiger partial charge in [-0.05, 0) is 51.3 Å². The minimum atomic E-state index is 0.450. The smallest absolute Gasteiger partial charge is 0.133 e. The molecule has 2 aromatic carbocycles. The molecule has 1 N–H and O–H groups in total. The summed E-state index contributed by atoms with van der Waals surface area (Å²) in [6, 6.07) is 16.1. The van der Waals surface area contributed by atoms with Crippen LogP contribution >= 0.6 is 15.9 Å². The van der Waals surface area contributed by atoms with E-state index < -0.39 is 0 Å². The Bertz CT molecular complexity index is 617. The number of methoxy groups -OCH3 is 1. The van der Waals surface area contributed by atoms with Crippen LogP contribution in [0.25, 0.3) is 0 Å². The Balaban J connectivity index is 1.98. The van der Waals surface area contributed by atoms with Crippen LogP contribution in [0.3, 0.4) is 0 Å². The topological polar surface area (TPSA) is 45.0 Å². The zero-order chi connectivity index (χ0) is 14.4. The van der Waals surface area contributed by atoms with E-state index >= 15 is 0 Å². The number of rotatable bonds is 5. The van der Waals surface area contributed by atoms with Crippen LogP contribution in [0.2, 0.25) is 0 Å². The monoisotopic (exact) mass is 330 g/mol. The molecule has 2 aromatic rings. The van der Waals surface area contributed by atoms with E-state index in [1.165, 1.54) is 5.56 Å². The number of hydrogen-bond donors (Lipinski definition) is 1. The third-order valence-corrected chi connectivity index (χ3v) is 3.57. The molecule has 0 spiro atoms. The summed E-state index contributed by atoms with van der Waals surface area (Å²) in [6.45, 7) is 0.736. The molecule has 0 aliphatic heterocycles. The molecule has 20 heavy (non-hydrogen) atoms. The van der Waals surface area contributed by atoms with Crippen LogP contribution in [-0.4, -0.2) is 7.11 Å². The molecule has 0 atom stereocenters. The van der Waals surface area contributed by atoms with Gasteiger partial charge in [0.05, 0.1) is 24.1 Å². The number of hydrogen-bond acceptors (Lipinski definition) is 3. The molecule has 0 radical (unpaired) electrons. The highest BCUT2D eigenvalue weighted by Crippen LogP contribution is 2.25. The SMILES string of the molecule is COc1ccc(CNc2ccc(CC#N)cc2)cc1Br. The van der Waals surface area contributed by atoms with Crippen LogP contribution in [0, 0.1) is 11.3 Å². The first-order valence-corrected chi connectivity index (χ1v) is 7.04. The van der Waals surface area contributed by atoms with Gasteiger partial charge in [-0.3, -0.25) is 0 Å². The van der Waals surface area contributed by atoms with Crippen molar-refractivity contribution < 1.29 is 4.74 Å². The van der Waals surface area contributed by atoms with E-state index in [4.69, 9.17) is 10.00 Å². The molecule has 0 aliphatic rings. The molecule has 0 saturated heterocycles. The fraction of sp³-hybridized carbons (Fsp3) is 0.188. The molecule has 0 fully saturated rings. The average molecular weight is 331 g/mol. The Morgan fingerprint density at radius 1 is 1.15 bits per heavy atom. The third kappa shape index (κ3) is 3.75. The predicted octanol–water partition coefficient (Wildman–Crippen LogP) is 4.14. The van der Waals surface area contributed by atoms with Crippen LogP contribution in [-0.2, 0) is 13.0 Å². The van der Waals surface area contributed by atoms with E-state index in [1.54, 1.807) is 7.11 Å². The van der Waals surface area contributed by atoms with E-state index in [9.17, 15) is 0 Å². The largest absolute Gasteiger partial charge is 0.496 e. The molecule has 3 nitrogen and oxygen atoms in total. The number of nitriles is 1. The second-order valence-corrected chi connectivity index (χ2v) is 5.21. The van der Waals surface area contributed by atoms with Crippen LogP contribution in [0.1, 0.15) is 11.1 Å². The Kier molecular flexibility index (Phi) is 5.03. The number of halogens is 1. The lowest BCUT2D eigenvalue weighted by atomic mass is 10.1. The maximum atomic E-state index is 8.63. The summed E-state index contributed by atoms with van der Waals surface area (Å²) >= 11 is 3.48. The number of benzene rings is 2. The van der Waals surface area contributed by atoms with Gasteiger partial charge >= 0.3 is 0 Å². The van der Waals surface area contributed by atoms with Gasteiger partial charge in [0.2, 0.25) is 0 Å². The zero-order valence-corrected chi connectivity index (χ0v) is 12.8. The Hall–Kier alpha value is -1.99. The number of ether oxygens (including phenoxy) is 1. The second-order valence-electron chi connectivity index (χ2n) is 4.35. The normalized spacial score (nSPS) is 9.85. The number of anilines is 1. The van der Waals surface area contributed by atoms with Crippen molar-refractivity contribution in [1.82, 2.24) is 0 Å². The first-order chi connectivity index (χ1) is 9.72. The van der Waals surface area contributed by atoms with E-state index in [0.717, 1.165) is 28.0 Å². The molecule has 4 heteroatoms. The predicted molar refractivity (Wildman–Crippen MR) is 83.8 cm³/mol. The van der Waals surface area contributed by atoms with Crippen molar-refractivity contribution in [3.05, 3.63) is 58.1 Å². The molecule has 0 heterocycles. The summed E-state index contributed by atoms with van der Waals surface area (Å²) in [5.74, 6) is 0.828. The average Bonchev–Trinajstić information content (AvgIpc) is 2.47. The van der Waals surface area contributed by atoms with Crippen LogP contribution < -0.4 is 10.1 Å². The summed E-state index contributed by atoms with van der Waals surface area (Å²) in [4.78, 5) is 0. The molecule has 0 aromatic heterocycles. The van der Waals surface area contributed by atoms with Crippen molar-refractivity contribution in [2.75, 3.05) is 12.4 Å². The second kappa shape index (κ2) is 6.97. The van der Waals surface area contributed by atoms with Crippen LogP contribution in [0.15, 0.2) is 46.9 Å². The molecule has 0 amide bonds. The lowest BCUT2D eigenvalue weighted by molar-refractivity contribution is 0.412. The van der Waals surface area contributed by atoms with Gasteiger partial charge in [-0.25, -0.2) is 0 Å². The van der Waals surface area contributed by atoms with E-state index in [1.807, 2.05) is 42.5 Å². The highest BCUT2D eigenvalue weighted by molar-refractivity contribution is 9.10. The number of nitrogens with zero attached hydrogens (tertiary/aromatic N) is 1. The molecule has 2 rings (SSSR count). The van der Waals surface area contributed by atoms with Crippen molar-refractivity contribution >= 4 is 21.6 Å². The van der Waals surface area contributed by atoms with Gasteiger partial charge in [0.15, 0.2) is 0 Å². The molecule has 0 aliphatic carbocycles. The molecular formula is C16H15BrN2O. The number of nitrogens with one attached hydrogen (secondary N) is 1. The van der Waals surface area contributed by atoms with Crippen molar-refractivity contribution in [3.63, 3.8) is 0 Å². The summed E-state index contributed by atoms with van der Waals surface area (Å²) in [5, 5.41) is 12.0.